The molecule has 0 aliphatic carbocycles. The zero-order valence-electron chi connectivity index (χ0n) is 9.65. The summed E-state index contributed by atoms with van der Waals surface area (Å²) in [7, 11) is 0. The Labute approximate surface area is 99.2 Å². The number of hydrogen-bond donors (Lipinski definition) is 1. The average Bonchev–Trinajstić information content (AvgIpc) is 2.76. The van der Waals surface area contributed by atoms with Gasteiger partial charge in [-0.1, -0.05) is 24.3 Å². The molecule has 0 spiro atoms. The van der Waals surface area contributed by atoms with Gasteiger partial charge < -0.3 is 9.84 Å². The third kappa shape index (κ3) is 2.31. The number of aliphatic carboxylic acids is 1. The number of carboxylic acid groups (broad SMARTS) is 1. The number of rotatable bonds is 3. The van der Waals surface area contributed by atoms with Crippen molar-refractivity contribution in [1.82, 2.24) is 0 Å². The first-order valence-electron chi connectivity index (χ1n) is 5.63. The molecular formula is C13H15FO3. The van der Waals surface area contributed by atoms with Crippen LogP contribution in [0.3, 0.4) is 0 Å². The fraction of sp³-hybridized carbons (Fsp3) is 0.462. The Morgan fingerprint density at radius 2 is 2.12 bits per heavy atom. The van der Waals surface area contributed by atoms with Crippen LogP contribution in [0.4, 0.5) is 4.39 Å². The Hall–Kier alpha value is -1.42. The van der Waals surface area contributed by atoms with Crippen LogP contribution in [0.2, 0.25) is 0 Å². The lowest BCUT2D eigenvalue weighted by molar-refractivity contribution is -0.138. The third-order valence-corrected chi connectivity index (χ3v) is 3.27. The van der Waals surface area contributed by atoms with Crippen LogP contribution < -0.4 is 0 Å². The van der Waals surface area contributed by atoms with Crippen molar-refractivity contribution >= 4 is 5.97 Å². The van der Waals surface area contributed by atoms with Crippen molar-refractivity contribution in [1.29, 1.82) is 0 Å². The maximum atomic E-state index is 14.3. The summed E-state index contributed by atoms with van der Waals surface area (Å²) in [6, 6.07) is 6.66. The molecule has 0 bridgehead atoms. The van der Waals surface area contributed by atoms with Crippen molar-refractivity contribution in [2.24, 2.45) is 0 Å². The summed E-state index contributed by atoms with van der Waals surface area (Å²) in [6.07, 6.45) is 0.362. The summed E-state index contributed by atoms with van der Waals surface area (Å²) in [5, 5.41) is 8.87. The minimum absolute atomic E-state index is 0.0842. The van der Waals surface area contributed by atoms with Gasteiger partial charge in [0, 0.05) is 6.42 Å². The van der Waals surface area contributed by atoms with Crippen LogP contribution >= 0.6 is 0 Å². The van der Waals surface area contributed by atoms with Gasteiger partial charge in [-0.3, -0.25) is 4.79 Å². The van der Waals surface area contributed by atoms with Gasteiger partial charge in [-0.2, -0.15) is 0 Å². The largest absolute Gasteiger partial charge is 0.481 e. The summed E-state index contributed by atoms with van der Waals surface area (Å²) in [5.74, 6) is -1.45. The second-order valence-corrected chi connectivity index (χ2v) is 4.45. The van der Waals surface area contributed by atoms with Crippen molar-refractivity contribution in [2.75, 3.05) is 13.2 Å². The van der Waals surface area contributed by atoms with Crippen molar-refractivity contribution in [3.05, 3.63) is 35.4 Å². The van der Waals surface area contributed by atoms with Crippen molar-refractivity contribution in [3.63, 3.8) is 0 Å². The van der Waals surface area contributed by atoms with Crippen LogP contribution in [0.15, 0.2) is 24.3 Å². The monoisotopic (exact) mass is 238 g/mol. The Morgan fingerprint density at radius 3 is 2.59 bits per heavy atom. The highest BCUT2D eigenvalue weighted by Gasteiger charge is 2.36. The van der Waals surface area contributed by atoms with E-state index < -0.39 is 17.6 Å². The minimum Gasteiger partial charge on any atom is -0.481 e. The highest BCUT2D eigenvalue weighted by Crippen LogP contribution is 2.35. The zero-order chi connectivity index (χ0) is 12.5. The van der Waals surface area contributed by atoms with Crippen LogP contribution in [0, 0.1) is 0 Å². The molecule has 92 valence electrons. The van der Waals surface area contributed by atoms with Gasteiger partial charge in [0.05, 0.1) is 19.1 Å². The molecular weight excluding hydrogens is 223 g/mol. The maximum absolute atomic E-state index is 14.3. The molecule has 0 amide bonds. The SMILES string of the molecule is CC(C(=O)O)c1ccc(C2(F)CCOC2)cc1. The molecule has 1 fully saturated rings. The average molecular weight is 238 g/mol. The van der Waals surface area contributed by atoms with Gasteiger partial charge in [0.2, 0.25) is 0 Å². The molecule has 17 heavy (non-hydrogen) atoms. The Bertz CT molecular complexity index is 407. The summed E-state index contributed by atoms with van der Waals surface area (Å²) < 4.78 is 19.4. The van der Waals surface area contributed by atoms with Gasteiger partial charge in [-0.15, -0.1) is 0 Å². The fourth-order valence-corrected chi connectivity index (χ4v) is 1.98. The first-order chi connectivity index (χ1) is 8.03. The van der Waals surface area contributed by atoms with Gasteiger partial charge in [0.25, 0.3) is 0 Å². The number of carboxylic acids is 1. The summed E-state index contributed by atoms with van der Waals surface area (Å²) in [6.45, 7) is 2.13. The smallest absolute Gasteiger partial charge is 0.310 e. The molecule has 1 aliphatic heterocycles. The number of hydrogen-bond acceptors (Lipinski definition) is 2. The molecule has 3 nitrogen and oxygen atoms in total. The van der Waals surface area contributed by atoms with Crippen LogP contribution in [0.25, 0.3) is 0 Å². The number of alkyl halides is 1. The van der Waals surface area contributed by atoms with E-state index in [-0.39, 0.29) is 6.61 Å². The van der Waals surface area contributed by atoms with E-state index in [2.05, 4.69) is 0 Å². The van der Waals surface area contributed by atoms with E-state index in [1.54, 1.807) is 31.2 Å². The molecule has 4 heteroatoms. The van der Waals surface area contributed by atoms with Gasteiger partial charge in [0.1, 0.15) is 0 Å². The van der Waals surface area contributed by atoms with Gasteiger partial charge in [-0.05, 0) is 18.1 Å². The molecule has 2 unspecified atom stereocenters. The van der Waals surface area contributed by atoms with E-state index in [0.717, 1.165) is 0 Å². The second-order valence-electron chi connectivity index (χ2n) is 4.45. The highest BCUT2D eigenvalue weighted by molar-refractivity contribution is 5.75. The molecule has 0 aromatic heterocycles. The molecule has 1 N–H and O–H groups in total. The quantitative estimate of drug-likeness (QED) is 0.879. The maximum Gasteiger partial charge on any atom is 0.310 e. The van der Waals surface area contributed by atoms with Crippen LogP contribution in [-0.4, -0.2) is 24.3 Å². The Morgan fingerprint density at radius 1 is 1.47 bits per heavy atom. The predicted octanol–water partition coefficient (Wildman–Crippen LogP) is 2.46. The number of ether oxygens (including phenoxy) is 1. The first kappa shape index (κ1) is 12.0. The first-order valence-corrected chi connectivity index (χ1v) is 5.63. The van der Waals surface area contributed by atoms with E-state index in [1.165, 1.54) is 0 Å². The standard InChI is InChI=1S/C13H15FO3/c1-9(12(15)16)10-2-4-11(5-3-10)13(14)6-7-17-8-13/h2-5,9H,6-8H2,1H3,(H,15,16). The third-order valence-electron chi connectivity index (χ3n) is 3.27. The van der Waals surface area contributed by atoms with Crippen molar-refractivity contribution in [2.45, 2.75) is 24.9 Å². The minimum atomic E-state index is -1.41. The predicted molar refractivity (Wildman–Crippen MR) is 60.7 cm³/mol. The molecule has 1 heterocycles. The molecule has 1 aromatic rings. The summed E-state index contributed by atoms with van der Waals surface area (Å²) in [4.78, 5) is 10.8. The molecule has 1 aromatic carbocycles. The lowest BCUT2D eigenvalue weighted by atomic mass is 9.92. The fourth-order valence-electron chi connectivity index (χ4n) is 1.98. The number of carbonyl (C=O) groups is 1. The zero-order valence-corrected chi connectivity index (χ0v) is 9.65. The molecule has 2 atom stereocenters. The van der Waals surface area contributed by atoms with Gasteiger partial charge in [0.15, 0.2) is 5.67 Å². The normalized spacial score (nSPS) is 25.8. The van der Waals surface area contributed by atoms with E-state index in [0.29, 0.717) is 24.2 Å². The summed E-state index contributed by atoms with van der Waals surface area (Å²) in [5.41, 5.74) is -0.162. The van der Waals surface area contributed by atoms with Crippen LogP contribution in [0.1, 0.15) is 30.4 Å². The summed E-state index contributed by atoms with van der Waals surface area (Å²) >= 11 is 0. The van der Waals surface area contributed by atoms with Gasteiger partial charge >= 0.3 is 5.97 Å². The van der Waals surface area contributed by atoms with Crippen molar-refractivity contribution in [3.8, 4) is 0 Å². The second kappa shape index (κ2) is 4.45. The van der Waals surface area contributed by atoms with Crippen molar-refractivity contribution < 1.29 is 19.0 Å². The Balaban J connectivity index is 2.21. The highest BCUT2D eigenvalue weighted by atomic mass is 19.1. The lowest BCUT2D eigenvalue weighted by Gasteiger charge is -2.18. The van der Waals surface area contributed by atoms with E-state index >= 15 is 0 Å². The lowest BCUT2D eigenvalue weighted by Crippen LogP contribution is -2.19. The molecule has 1 saturated heterocycles. The van der Waals surface area contributed by atoms with E-state index in [9.17, 15) is 9.18 Å². The van der Waals surface area contributed by atoms with Crippen LogP contribution in [-0.2, 0) is 15.2 Å². The van der Waals surface area contributed by atoms with Gasteiger partial charge in [-0.25, -0.2) is 4.39 Å². The molecule has 1 aliphatic rings. The van der Waals surface area contributed by atoms with Crippen LogP contribution in [0.5, 0.6) is 0 Å². The number of benzene rings is 1. The molecule has 0 saturated carbocycles. The Kier molecular flexibility index (Phi) is 3.15. The van der Waals surface area contributed by atoms with E-state index in [1.807, 2.05) is 0 Å². The topological polar surface area (TPSA) is 46.5 Å². The molecule has 0 radical (unpaired) electrons. The van der Waals surface area contributed by atoms with E-state index in [4.69, 9.17) is 9.84 Å². The number of halogens is 1. The molecule has 2 rings (SSSR count).